The van der Waals surface area contributed by atoms with E-state index in [-0.39, 0.29) is 18.3 Å². The Hall–Kier alpha value is -2.35. The maximum atomic E-state index is 13.0. The number of nitrogens with one attached hydrogen (secondary N) is 1. The molecule has 1 aliphatic heterocycles. The number of alkyl carbamates (subject to hydrolysis) is 1. The summed E-state index contributed by atoms with van der Waals surface area (Å²) in [5.74, 6) is -0.812. The Balaban J connectivity index is 1.66. The Morgan fingerprint density at radius 2 is 1.86 bits per heavy atom. The molecule has 29 heavy (non-hydrogen) atoms. The van der Waals surface area contributed by atoms with Crippen LogP contribution in [0.15, 0.2) is 59.5 Å². The summed E-state index contributed by atoms with van der Waals surface area (Å²) in [4.78, 5) is 26.1. The number of amides is 1. The van der Waals surface area contributed by atoms with Crippen LogP contribution in [-0.2, 0) is 25.6 Å². The number of hydrogen-bond donors (Lipinski definition) is 1. The van der Waals surface area contributed by atoms with Gasteiger partial charge in [-0.05, 0) is 50.2 Å². The first-order chi connectivity index (χ1) is 13.8. The molecule has 0 aliphatic carbocycles. The van der Waals surface area contributed by atoms with Crippen molar-refractivity contribution in [2.75, 3.05) is 6.61 Å². The Bertz CT molecular complexity index is 838. The smallest absolute Gasteiger partial charge is 0.408 e. The van der Waals surface area contributed by atoms with E-state index < -0.39 is 24.0 Å². The molecule has 1 aliphatic rings. The number of aryl methyl sites for hydroxylation is 1. The Labute approximate surface area is 174 Å². The SMILES string of the molecule is Cc1ccc(SC(=O)[C@H](NC(=O)OCc2ccccc2)[C@@H]2COC(C)(C)O2)cc1. The van der Waals surface area contributed by atoms with Crippen molar-refractivity contribution < 1.29 is 23.8 Å². The average molecular weight is 416 g/mol. The molecule has 0 radical (unpaired) electrons. The summed E-state index contributed by atoms with van der Waals surface area (Å²) in [6.07, 6.45) is -1.27. The van der Waals surface area contributed by atoms with E-state index in [2.05, 4.69) is 5.32 Å². The summed E-state index contributed by atoms with van der Waals surface area (Å²) in [5.41, 5.74) is 1.97. The van der Waals surface area contributed by atoms with Gasteiger partial charge in [-0.3, -0.25) is 4.79 Å². The molecule has 2 atom stereocenters. The van der Waals surface area contributed by atoms with Gasteiger partial charge in [0, 0.05) is 4.90 Å². The lowest BCUT2D eigenvalue weighted by molar-refractivity contribution is -0.143. The van der Waals surface area contributed by atoms with Crippen molar-refractivity contribution in [3.05, 3.63) is 65.7 Å². The van der Waals surface area contributed by atoms with Crippen molar-refractivity contribution >= 4 is 23.0 Å². The second-order valence-electron chi connectivity index (χ2n) is 7.29. The molecule has 0 unspecified atom stereocenters. The van der Waals surface area contributed by atoms with Crippen LogP contribution in [-0.4, -0.2) is 35.7 Å². The van der Waals surface area contributed by atoms with E-state index >= 15 is 0 Å². The fraction of sp³-hybridized carbons (Fsp3) is 0.364. The lowest BCUT2D eigenvalue weighted by Gasteiger charge is -2.23. The van der Waals surface area contributed by atoms with Gasteiger partial charge in [0.05, 0.1) is 6.61 Å². The van der Waals surface area contributed by atoms with Gasteiger partial charge in [0.2, 0.25) is 5.12 Å². The van der Waals surface area contributed by atoms with E-state index in [1.165, 1.54) is 0 Å². The third-order valence-electron chi connectivity index (χ3n) is 4.38. The van der Waals surface area contributed by atoms with Crippen molar-refractivity contribution in [2.24, 2.45) is 0 Å². The first-order valence-electron chi connectivity index (χ1n) is 9.40. The third kappa shape index (κ3) is 6.32. The van der Waals surface area contributed by atoms with E-state index in [0.29, 0.717) is 0 Å². The molecule has 154 valence electrons. The van der Waals surface area contributed by atoms with Crippen molar-refractivity contribution in [3.63, 3.8) is 0 Å². The molecular formula is C22H25NO5S. The van der Waals surface area contributed by atoms with Crippen LogP contribution in [0, 0.1) is 6.92 Å². The molecule has 0 bridgehead atoms. The van der Waals surface area contributed by atoms with Crippen molar-refractivity contribution in [3.8, 4) is 0 Å². The fourth-order valence-electron chi connectivity index (χ4n) is 2.86. The van der Waals surface area contributed by atoms with Crippen molar-refractivity contribution in [1.29, 1.82) is 0 Å². The lowest BCUT2D eigenvalue weighted by Crippen LogP contribution is -2.49. The summed E-state index contributed by atoms with van der Waals surface area (Å²) in [5, 5.41) is 2.42. The molecule has 0 spiro atoms. The Morgan fingerprint density at radius 1 is 1.17 bits per heavy atom. The second-order valence-corrected chi connectivity index (χ2v) is 8.36. The number of benzene rings is 2. The van der Waals surface area contributed by atoms with Crippen LogP contribution in [0.1, 0.15) is 25.0 Å². The van der Waals surface area contributed by atoms with Gasteiger partial charge in [0.1, 0.15) is 18.8 Å². The minimum absolute atomic E-state index is 0.117. The molecule has 0 aromatic heterocycles. The molecule has 6 nitrogen and oxygen atoms in total. The van der Waals surface area contributed by atoms with E-state index in [0.717, 1.165) is 27.8 Å². The van der Waals surface area contributed by atoms with Gasteiger partial charge in [-0.2, -0.15) is 0 Å². The van der Waals surface area contributed by atoms with Gasteiger partial charge < -0.3 is 19.5 Å². The monoisotopic (exact) mass is 415 g/mol. The molecule has 3 rings (SSSR count). The normalized spacial score (nSPS) is 18.8. The minimum Gasteiger partial charge on any atom is -0.445 e. The maximum absolute atomic E-state index is 13.0. The highest BCUT2D eigenvalue weighted by Gasteiger charge is 2.41. The first-order valence-corrected chi connectivity index (χ1v) is 10.2. The molecule has 1 N–H and O–H groups in total. The van der Waals surface area contributed by atoms with Gasteiger partial charge >= 0.3 is 6.09 Å². The van der Waals surface area contributed by atoms with E-state index in [4.69, 9.17) is 14.2 Å². The number of thioether (sulfide) groups is 1. The van der Waals surface area contributed by atoms with E-state index in [9.17, 15) is 9.59 Å². The van der Waals surface area contributed by atoms with Crippen LogP contribution < -0.4 is 5.32 Å². The molecule has 2 aromatic carbocycles. The minimum atomic E-state index is -0.897. The Morgan fingerprint density at radius 3 is 2.48 bits per heavy atom. The van der Waals surface area contributed by atoms with Gasteiger partial charge in [-0.25, -0.2) is 4.79 Å². The van der Waals surface area contributed by atoms with Crippen LogP contribution >= 0.6 is 11.8 Å². The molecule has 0 saturated carbocycles. The molecule has 1 saturated heterocycles. The van der Waals surface area contributed by atoms with Crippen LogP contribution in [0.4, 0.5) is 4.79 Å². The predicted molar refractivity (Wildman–Crippen MR) is 110 cm³/mol. The standard InChI is InChI=1S/C22H25NO5S/c1-15-9-11-17(12-10-15)29-20(24)19(18-14-27-22(2,3)28-18)23-21(25)26-13-16-7-5-4-6-8-16/h4-12,18-19H,13-14H2,1-3H3,(H,23,25)/t18-,19+/m0/s1. The maximum Gasteiger partial charge on any atom is 0.408 e. The number of hydrogen-bond acceptors (Lipinski definition) is 6. The van der Waals surface area contributed by atoms with Crippen LogP contribution in [0.3, 0.4) is 0 Å². The zero-order chi connectivity index (χ0) is 20.9. The highest BCUT2D eigenvalue weighted by Crippen LogP contribution is 2.28. The highest BCUT2D eigenvalue weighted by molar-refractivity contribution is 8.13. The van der Waals surface area contributed by atoms with Crippen LogP contribution in [0.25, 0.3) is 0 Å². The van der Waals surface area contributed by atoms with Gasteiger partial charge in [-0.15, -0.1) is 0 Å². The average Bonchev–Trinajstić information content (AvgIpc) is 3.06. The summed E-state index contributed by atoms with van der Waals surface area (Å²) in [6, 6.07) is 16.1. The summed E-state index contributed by atoms with van der Waals surface area (Å²) >= 11 is 1.06. The molecular weight excluding hydrogens is 390 g/mol. The van der Waals surface area contributed by atoms with Gasteiger partial charge in [0.15, 0.2) is 5.79 Å². The zero-order valence-corrected chi connectivity index (χ0v) is 17.5. The number of rotatable bonds is 6. The number of ether oxygens (including phenoxy) is 3. The van der Waals surface area contributed by atoms with Crippen molar-refractivity contribution in [1.82, 2.24) is 5.32 Å². The first kappa shape index (κ1) is 21.4. The highest BCUT2D eigenvalue weighted by atomic mass is 32.2. The van der Waals surface area contributed by atoms with Crippen LogP contribution in [0.2, 0.25) is 0 Å². The van der Waals surface area contributed by atoms with Gasteiger partial charge in [-0.1, -0.05) is 48.0 Å². The molecule has 1 amide bonds. The fourth-order valence-corrected chi connectivity index (χ4v) is 3.70. The Kier molecular flexibility index (Phi) is 6.95. The third-order valence-corrected chi connectivity index (χ3v) is 5.34. The summed E-state index contributed by atoms with van der Waals surface area (Å²) in [7, 11) is 0. The van der Waals surface area contributed by atoms with E-state index in [1.807, 2.05) is 61.5 Å². The zero-order valence-electron chi connectivity index (χ0n) is 16.7. The molecule has 7 heteroatoms. The van der Waals surface area contributed by atoms with E-state index in [1.54, 1.807) is 13.8 Å². The van der Waals surface area contributed by atoms with Crippen LogP contribution in [0.5, 0.6) is 0 Å². The molecule has 2 aromatic rings. The van der Waals surface area contributed by atoms with Gasteiger partial charge in [0.25, 0.3) is 0 Å². The molecule has 1 heterocycles. The topological polar surface area (TPSA) is 73.9 Å². The number of carbonyl (C=O) groups excluding carboxylic acids is 2. The van der Waals surface area contributed by atoms with Crippen molar-refractivity contribution in [2.45, 2.75) is 50.2 Å². The quantitative estimate of drug-likeness (QED) is 0.717. The second kappa shape index (κ2) is 9.43. The predicted octanol–water partition coefficient (Wildman–Crippen LogP) is 4.06. The lowest BCUT2D eigenvalue weighted by atomic mass is 10.2. The molecule has 1 fully saturated rings. The summed E-state index contributed by atoms with van der Waals surface area (Å²) < 4.78 is 16.7. The largest absolute Gasteiger partial charge is 0.445 e. The number of carbonyl (C=O) groups is 2. The summed E-state index contributed by atoms with van der Waals surface area (Å²) in [6.45, 7) is 5.85.